The molecule has 0 spiro atoms. The molecule has 0 bridgehead atoms. The predicted molar refractivity (Wildman–Crippen MR) is 71.9 cm³/mol. The van der Waals surface area contributed by atoms with Crippen LogP contribution in [0.5, 0.6) is 0 Å². The lowest BCUT2D eigenvalue weighted by Crippen LogP contribution is -1.99. The van der Waals surface area contributed by atoms with Crippen molar-refractivity contribution in [1.82, 2.24) is 0 Å². The molecular weight excluding hydrogens is 216 g/mol. The van der Waals surface area contributed by atoms with E-state index in [1.165, 1.54) is 23.5 Å². The highest BCUT2D eigenvalue weighted by atomic mass is 32.2. The standard InChI is InChI=1S/C14H22OS/c1-4-12(5-2)10-16-14-8-6-13(7-9-14)11(3)15/h6-9,11-12,15H,4-5,10H2,1-3H3. The van der Waals surface area contributed by atoms with Gasteiger partial charge in [0.15, 0.2) is 0 Å². The average Bonchev–Trinajstić information content (AvgIpc) is 2.31. The zero-order valence-corrected chi connectivity index (χ0v) is 11.3. The Hall–Kier alpha value is -0.470. The summed E-state index contributed by atoms with van der Waals surface area (Å²) in [7, 11) is 0. The van der Waals surface area contributed by atoms with Crippen molar-refractivity contribution < 1.29 is 5.11 Å². The molecule has 0 aliphatic heterocycles. The second kappa shape index (κ2) is 6.97. The van der Waals surface area contributed by atoms with E-state index in [9.17, 15) is 5.11 Å². The maximum Gasteiger partial charge on any atom is 0.0761 e. The van der Waals surface area contributed by atoms with Gasteiger partial charge in [-0.25, -0.2) is 0 Å². The normalized spacial score (nSPS) is 13.1. The van der Waals surface area contributed by atoms with Crippen molar-refractivity contribution in [2.45, 2.75) is 44.6 Å². The number of aliphatic hydroxyl groups excluding tert-OH is 1. The number of aliphatic hydroxyl groups is 1. The van der Waals surface area contributed by atoms with Crippen LogP contribution in [0.2, 0.25) is 0 Å². The number of thioether (sulfide) groups is 1. The van der Waals surface area contributed by atoms with Crippen molar-refractivity contribution in [3.8, 4) is 0 Å². The quantitative estimate of drug-likeness (QED) is 0.747. The first-order chi connectivity index (χ1) is 7.67. The molecule has 16 heavy (non-hydrogen) atoms. The van der Waals surface area contributed by atoms with Gasteiger partial charge in [0.2, 0.25) is 0 Å². The summed E-state index contributed by atoms with van der Waals surface area (Å²) in [6.45, 7) is 6.31. The van der Waals surface area contributed by atoms with E-state index in [2.05, 4.69) is 26.0 Å². The van der Waals surface area contributed by atoms with Gasteiger partial charge in [-0.1, -0.05) is 38.8 Å². The lowest BCUT2D eigenvalue weighted by atomic mass is 10.1. The maximum absolute atomic E-state index is 9.40. The Kier molecular flexibility index (Phi) is 5.93. The highest BCUT2D eigenvalue weighted by Crippen LogP contribution is 2.25. The minimum absolute atomic E-state index is 0.363. The summed E-state index contributed by atoms with van der Waals surface area (Å²) in [5.41, 5.74) is 0.992. The fourth-order valence-corrected chi connectivity index (χ4v) is 2.81. The Labute approximate surface area is 103 Å². The number of hydrogen-bond acceptors (Lipinski definition) is 2. The van der Waals surface area contributed by atoms with Crippen LogP contribution in [-0.2, 0) is 0 Å². The monoisotopic (exact) mass is 238 g/mol. The molecule has 1 aromatic carbocycles. The van der Waals surface area contributed by atoms with Crippen LogP contribution in [0.1, 0.15) is 45.3 Å². The molecule has 0 amide bonds. The van der Waals surface area contributed by atoms with E-state index >= 15 is 0 Å². The van der Waals surface area contributed by atoms with Crippen LogP contribution in [0, 0.1) is 5.92 Å². The van der Waals surface area contributed by atoms with Crippen LogP contribution in [0.15, 0.2) is 29.2 Å². The largest absolute Gasteiger partial charge is 0.389 e. The van der Waals surface area contributed by atoms with Gasteiger partial charge in [-0.05, 0) is 30.5 Å². The van der Waals surface area contributed by atoms with Crippen LogP contribution >= 0.6 is 11.8 Å². The number of rotatable bonds is 6. The first kappa shape index (κ1) is 13.6. The van der Waals surface area contributed by atoms with E-state index in [0.717, 1.165) is 11.5 Å². The molecule has 0 fully saturated rings. The van der Waals surface area contributed by atoms with Crippen molar-refractivity contribution in [2.75, 3.05) is 5.75 Å². The topological polar surface area (TPSA) is 20.2 Å². The highest BCUT2D eigenvalue weighted by molar-refractivity contribution is 7.99. The second-order valence-corrected chi connectivity index (χ2v) is 5.33. The van der Waals surface area contributed by atoms with E-state index in [0.29, 0.717) is 0 Å². The van der Waals surface area contributed by atoms with Crippen molar-refractivity contribution in [3.63, 3.8) is 0 Å². The van der Waals surface area contributed by atoms with Crippen LogP contribution in [0.25, 0.3) is 0 Å². The molecule has 0 heterocycles. The fourth-order valence-electron chi connectivity index (χ4n) is 1.58. The van der Waals surface area contributed by atoms with Crippen molar-refractivity contribution in [3.05, 3.63) is 29.8 Å². The van der Waals surface area contributed by atoms with Crippen LogP contribution < -0.4 is 0 Å². The first-order valence-electron chi connectivity index (χ1n) is 6.08. The molecule has 90 valence electrons. The smallest absolute Gasteiger partial charge is 0.0761 e. The molecule has 1 unspecified atom stereocenters. The summed E-state index contributed by atoms with van der Waals surface area (Å²) in [4.78, 5) is 1.30. The van der Waals surface area contributed by atoms with Crippen LogP contribution in [-0.4, -0.2) is 10.9 Å². The van der Waals surface area contributed by atoms with Gasteiger partial charge in [0.05, 0.1) is 6.10 Å². The molecule has 1 aromatic rings. The van der Waals surface area contributed by atoms with Crippen LogP contribution in [0.3, 0.4) is 0 Å². The Morgan fingerprint density at radius 3 is 2.12 bits per heavy atom. The van der Waals surface area contributed by atoms with Gasteiger partial charge < -0.3 is 5.11 Å². The van der Waals surface area contributed by atoms with Crippen molar-refractivity contribution >= 4 is 11.8 Å². The highest BCUT2D eigenvalue weighted by Gasteiger charge is 2.05. The molecule has 2 heteroatoms. The fraction of sp³-hybridized carbons (Fsp3) is 0.571. The lowest BCUT2D eigenvalue weighted by Gasteiger charge is -2.12. The Morgan fingerprint density at radius 2 is 1.69 bits per heavy atom. The zero-order valence-electron chi connectivity index (χ0n) is 10.4. The molecule has 0 aliphatic rings. The first-order valence-corrected chi connectivity index (χ1v) is 7.06. The zero-order chi connectivity index (χ0) is 12.0. The third-order valence-corrected chi connectivity index (χ3v) is 4.25. The van der Waals surface area contributed by atoms with Gasteiger partial charge in [0.25, 0.3) is 0 Å². The van der Waals surface area contributed by atoms with Crippen molar-refractivity contribution in [1.29, 1.82) is 0 Å². The van der Waals surface area contributed by atoms with Gasteiger partial charge in [-0.2, -0.15) is 0 Å². The lowest BCUT2D eigenvalue weighted by molar-refractivity contribution is 0.199. The molecular formula is C14H22OS. The third-order valence-electron chi connectivity index (χ3n) is 3.00. The minimum Gasteiger partial charge on any atom is -0.389 e. The Balaban J connectivity index is 2.49. The molecule has 0 aliphatic carbocycles. The van der Waals surface area contributed by atoms with Crippen LogP contribution in [0.4, 0.5) is 0 Å². The molecule has 1 N–H and O–H groups in total. The third kappa shape index (κ3) is 4.18. The molecule has 0 saturated carbocycles. The van der Waals surface area contributed by atoms with Gasteiger partial charge in [0, 0.05) is 10.6 Å². The molecule has 0 aromatic heterocycles. The molecule has 1 rings (SSSR count). The van der Waals surface area contributed by atoms with Gasteiger partial charge in [-0.3, -0.25) is 0 Å². The van der Waals surface area contributed by atoms with E-state index in [1.807, 2.05) is 23.9 Å². The van der Waals surface area contributed by atoms with Gasteiger partial charge in [0.1, 0.15) is 0 Å². The number of benzene rings is 1. The Bertz CT molecular complexity index is 288. The van der Waals surface area contributed by atoms with Crippen molar-refractivity contribution in [2.24, 2.45) is 5.92 Å². The van der Waals surface area contributed by atoms with E-state index in [-0.39, 0.29) is 6.10 Å². The molecule has 1 atom stereocenters. The van der Waals surface area contributed by atoms with Gasteiger partial charge >= 0.3 is 0 Å². The summed E-state index contributed by atoms with van der Waals surface area (Å²) in [5, 5.41) is 9.40. The molecule has 0 saturated heterocycles. The Morgan fingerprint density at radius 1 is 1.12 bits per heavy atom. The second-order valence-electron chi connectivity index (χ2n) is 4.24. The molecule has 0 radical (unpaired) electrons. The minimum atomic E-state index is -0.363. The summed E-state index contributed by atoms with van der Waals surface area (Å²) >= 11 is 1.92. The SMILES string of the molecule is CCC(CC)CSc1ccc(C(C)O)cc1. The van der Waals surface area contributed by atoms with E-state index in [4.69, 9.17) is 0 Å². The average molecular weight is 238 g/mol. The summed E-state index contributed by atoms with van der Waals surface area (Å²) < 4.78 is 0. The van der Waals surface area contributed by atoms with E-state index < -0.39 is 0 Å². The summed E-state index contributed by atoms with van der Waals surface area (Å²) in [6, 6.07) is 8.24. The predicted octanol–water partition coefficient (Wildman–Crippen LogP) is 4.27. The van der Waals surface area contributed by atoms with E-state index in [1.54, 1.807) is 6.92 Å². The summed E-state index contributed by atoms with van der Waals surface area (Å²) in [5.74, 6) is 2.02. The maximum atomic E-state index is 9.40. The summed E-state index contributed by atoms with van der Waals surface area (Å²) in [6.07, 6.45) is 2.16. The number of hydrogen-bond donors (Lipinski definition) is 1. The molecule has 1 nitrogen and oxygen atoms in total. The van der Waals surface area contributed by atoms with Gasteiger partial charge in [-0.15, -0.1) is 11.8 Å².